The van der Waals surface area contributed by atoms with Crippen LogP contribution in [0.3, 0.4) is 0 Å². The van der Waals surface area contributed by atoms with Gasteiger partial charge in [0.1, 0.15) is 12.2 Å². The Morgan fingerprint density at radius 1 is 1.31 bits per heavy atom. The molecule has 0 bridgehead atoms. The molecule has 0 unspecified atom stereocenters. The van der Waals surface area contributed by atoms with Crippen molar-refractivity contribution in [1.82, 2.24) is 0 Å². The van der Waals surface area contributed by atoms with Crippen LogP contribution in [-0.2, 0) is 14.3 Å². The summed E-state index contributed by atoms with van der Waals surface area (Å²) in [5, 5.41) is 0. The van der Waals surface area contributed by atoms with Crippen molar-refractivity contribution in [3.8, 4) is 0 Å². The van der Waals surface area contributed by atoms with Crippen molar-refractivity contribution >= 4 is 11.8 Å². The van der Waals surface area contributed by atoms with Crippen molar-refractivity contribution < 1.29 is 14.3 Å². The lowest BCUT2D eigenvalue weighted by atomic mass is 10.1. The largest absolute Gasteiger partial charge is 0.466 e. The summed E-state index contributed by atoms with van der Waals surface area (Å²) in [4.78, 5) is 21.9. The van der Waals surface area contributed by atoms with Gasteiger partial charge in [0.15, 0.2) is 0 Å². The van der Waals surface area contributed by atoms with E-state index in [1.807, 2.05) is 0 Å². The highest BCUT2D eigenvalue weighted by atomic mass is 16.5. The highest BCUT2D eigenvalue weighted by Gasteiger charge is 2.08. The van der Waals surface area contributed by atoms with Gasteiger partial charge >= 0.3 is 5.97 Å². The van der Waals surface area contributed by atoms with Gasteiger partial charge in [-0.3, -0.25) is 9.59 Å². The predicted octanol–water partition coefficient (Wildman–Crippen LogP) is 0.638. The van der Waals surface area contributed by atoms with Gasteiger partial charge in [0.05, 0.1) is 6.61 Å². The van der Waals surface area contributed by atoms with Crippen LogP contribution in [0.2, 0.25) is 0 Å². The van der Waals surface area contributed by atoms with Gasteiger partial charge in [-0.15, -0.1) is 0 Å². The average Bonchev–Trinajstić information content (AvgIpc) is 2.05. The first-order chi connectivity index (χ1) is 6.20. The summed E-state index contributed by atoms with van der Waals surface area (Å²) in [6.45, 7) is 2.64. The quantitative estimate of drug-likeness (QED) is 0.360. The Hall–Kier alpha value is -0.900. The van der Waals surface area contributed by atoms with E-state index in [2.05, 4.69) is 4.74 Å². The number of ether oxygens (including phenoxy) is 1. The summed E-state index contributed by atoms with van der Waals surface area (Å²) in [6.07, 6.45) is 1.91. The maximum atomic E-state index is 11.1. The molecule has 0 aromatic carbocycles. The Bertz CT molecular complexity index is 168. The lowest BCUT2D eigenvalue weighted by Crippen LogP contribution is -2.11. The molecule has 0 radical (unpaired) electrons. The van der Waals surface area contributed by atoms with E-state index in [0.717, 1.165) is 12.8 Å². The maximum Gasteiger partial charge on any atom is 0.313 e. The number of Topliss-reactive ketones (excluding diaryl/α,β-unsaturated/α-hetero) is 1. The molecule has 0 spiro atoms. The van der Waals surface area contributed by atoms with Crippen LogP contribution in [0.5, 0.6) is 0 Å². The fraction of sp³-hybridized carbons (Fsp3) is 0.778. The minimum atomic E-state index is -0.430. The third kappa shape index (κ3) is 7.46. The number of hydrogen-bond acceptors (Lipinski definition) is 4. The fourth-order valence-electron chi connectivity index (χ4n) is 0.928. The number of esters is 1. The summed E-state index contributed by atoms with van der Waals surface area (Å²) in [7, 11) is 0. The fourth-order valence-corrected chi connectivity index (χ4v) is 0.928. The molecule has 0 aliphatic rings. The zero-order valence-corrected chi connectivity index (χ0v) is 8.04. The van der Waals surface area contributed by atoms with E-state index in [9.17, 15) is 9.59 Å². The van der Waals surface area contributed by atoms with E-state index in [0.29, 0.717) is 19.6 Å². The molecule has 0 saturated heterocycles. The van der Waals surface area contributed by atoms with E-state index < -0.39 is 5.97 Å². The van der Waals surface area contributed by atoms with Gasteiger partial charge in [0, 0.05) is 6.42 Å². The molecule has 0 saturated carbocycles. The highest BCUT2D eigenvalue weighted by molar-refractivity contribution is 5.95. The van der Waals surface area contributed by atoms with Crippen LogP contribution in [0.4, 0.5) is 0 Å². The molecule has 0 amide bonds. The molecule has 76 valence electrons. The number of nitrogens with two attached hydrogens (primary N) is 1. The Kier molecular flexibility index (Phi) is 7.20. The molecular formula is C9H17NO3. The first kappa shape index (κ1) is 12.1. The molecule has 0 atom stereocenters. The topological polar surface area (TPSA) is 69.4 Å². The van der Waals surface area contributed by atoms with E-state index in [4.69, 9.17) is 5.73 Å². The Morgan fingerprint density at radius 2 is 2.00 bits per heavy atom. The van der Waals surface area contributed by atoms with Crippen LogP contribution in [-0.4, -0.2) is 24.9 Å². The van der Waals surface area contributed by atoms with Crippen LogP contribution >= 0.6 is 0 Å². The second-order valence-electron chi connectivity index (χ2n) is 2.77. The Morgan fingerprint density at radius 3 is 2.54 bits per heavy atom. The highest BCUT2D eigenvalue weighted by Crippen LogP contribution is 1.99. The molecule has 4 nitrogen and oxygen atoms in total. The number of unbranched alkanes of at least 4 members (excludes halogenated alkanes) is 1. The van der Waals surface area contributed by atoms with Gasteiger partial charge in [0.2, 0.25) is 0 Å². The number of rotatable bonds is 7. The minimum absolute atomic E-state index is 0.0631. The second kappa shape index (κ2) is 7.73. The van der Waals surface area contributed by atoms with Crippen LogP contribution < -0.4 is 5.73 Å². The predicted molar refractivity (Wildman–Crippen MR) is 49.2 cm³/mol. The third-order valence-corrected chi connectivity index (χ3v) is 1.56. The van der Waals surface area contributed by atoms with Crippen LogP contribution in [0.15, 0.2) is 0 Å². The zero-order chi connectivity index (χ0) is 10.1. The zero-order valence-electron chi connectivity index (χ0n) is 8.04. The summed E-state index contributed by atoms with van der Waals surface area (Å²) >= 11 is 0. The number of carbonyl (C=O) groups excluding carboxylic acids is 2. The lowest BCUT2D eigenvalue weighted by Gasteiger charge is -2.00. The summed E-state index contributed by atoms with van der Waals surface area (Å²) in [5.74, 6) is -0.493. The van der Waals surface area contributed by atoms with E-state index in [1.54, 1.807) is 6.92 Å². The first-order valence-corrected chi connectivity index (χ1v) is 4.58. The standard InChI is InChI=1S/C9H17NO3/c1-2-13-9(12)7-8(11)5-3-4-6-10/h2-7,10H2,1H3. The first-order valence-electron chi connectivity index (χ1n) is 4.58. The molecule has 0 aromatic heterocycles. The molecule has 0 rings (SSSR count). The Labute approximate surface area is 78.4 Å². The molecular weight excluding hydrogens is 170 g/mol. The lowest BCUT2D eigenvalue weighted by molar-refractivity contribution is -0.145. The third-order valence-electron chi connectivity index (χ3n) is 1.56. The van der Waals surface area contributed by atoms with Crippen LogP contribution in [0.1, 0.15) is 32.6 Å². The number of hydrogen-bond donors (Lipinski definition) is 1. The van der Waals surface area contributed by atoms with Gasteiger partial charge < -0.3 is 10.5 Å². The molecule has 0 fully saturated rings. The molecule has 0 aromatic rings. The summed E-state index contributed by atoms with van der Waals surface area (Å²) < 4.78 is 4.63. The van der Waals surface area contributed by atoms with E-state index in [1.165, 1.54) is 0 Å². The minimum Gasteiger partial charge on any atom is -0.466 e. The molecule has 0 aliphatic carbocycles. The van der Waals surface area contributed by atoms with Gasteiger partial charge in [-0.1, -0.05) is 0 Å². The molecule has 4 heteroatoms. The van der Waals surface area contributed by atoms with Gasteiger partial charge in [-0.05, 0) is 26.3 Å². The van der Waals surface area contributed by atoms with Crippen molar-refractivity contribution in [3.05, 3.63) is 0 Å². The van der Waals surface area contributed by atoms with Gasteiger partial charge in [-0.2, -0.15) is 0 Å². The summed E-state index contributed by atoms with van der Waals surface area (Å²) in [6, 6.07) is 0. The smallest absolute Gasteiger partial charge is 0.313 e. The molecule has 0 heterocycles. The SMILES string of the molecule is CCOC(=O)CC(=O)CCCCN. The number of ketones is 1. The van der Waals surface area contributed by atoms with Crippen molar-refractivity contribution in [1.29, 1.82) is 0 Å². The molecule has 13 heavy (non-hydrogen) atoms. The van der Waals surface area contributed by atoms with Crippen LogP contribution in [0, 0.1) is 0 Å². The Balaban J connectivity index is 3.44. The maximum absolute atomic E-state index is 11.1. The second-order valence-corrected chi connectivity index (χ2v) is 2.77. The van der Waals surface area contributed by atoms with Crippen LogP contribution in [0.25, 0.3) is 0 Å². The summed E-state index contributed by atoms with van der Waals surface area (Å²) in [5.41, 5.74) is 5.26. The van der Waals surface area contributed by atoms with Crippen molar-refractivity contribution in [3.63, 3.8) is 0 Å². The van der Waals surface area contributed by atoms with E-state index in [-0.39, 0.29) is 12.2 Å². The molecule has 0 aliphatic heterocycles. The van der Waals surface area contributed by atoms with Crippen molar-refractivity contribution in [2.24, 2.45) is 5.73 Å². The van der Waals surface area contributed by atoms with Gasteiger partial charge in [0.25, 0.3) is 0 Å². The van der Waals surface area contributed by atoms with Gasteiger partial charge in [-0.25, -0.2) is 0 Å². The average molecular weight is 187 g/mol. The van der Waals surface area contributed by atoms with E-state index >= 15 is 0 Å². The van der Waals surface area contributed by atoms with Crippen molar-refractivity contribution in [2.45, 2.75) is 32.6 Å². The monoisotopic (exact) mass is 187 g/mol. The van der Waals surface area contributed by atoms with Crippen molar-refractivity contribution in [2.75, 3.05) is 13.2 Å². The number of carbonyl (C=O) groups is 2. The normalized spacial score (nSPS) is 9.69. The molecule has 2 N–H and O–H groups in total.